The van der Waals surface area contributed by atoms with Crippen LogP contribution < -0.4 is 5.32 Å². The molecule has 0 radical (unpaired) electrons. The molecule has 2 amide bonds. The number of hydrogen-bond donors (Lipinski definition) is 1. The van der Waals surface area contributed by atoms with Crippen LogP contribution in [0.2, 0.25) is 10.0 Å². The monoisotopic (exact) mass is 501 g/mol. The molecular formula is C24H18Cl2FN3O2S. The number of anilines is 1. The summed E-state index contributed by atoms with van der Waals surface area (Å²) in [5.74, 6) is -0.957. The number of thioether (sulfide) groups is 1. The second-order valence-electron chi connectivity index (χ2n) is 7.26. The van der Waals surface area contributed by atoms with E-state index in [1.54, 1.807) is 60.7 Å². The van der Waals surface area contributed by atoms with Crippen LogP contribution in [-0.2, 0) is 16.1 Å². The molecule has 0 saturated carbocycles. The van der Waals surface area contributed by atoms with E-state index in [2.05, 4.69) is 10.3 Å². The van der Waals surface area contributed by atoms with Crippen molar-refractivity contribution < 1.29 is 14.0 Å². The molecule has 1 aliphatic rings. The van der Waals surface area contributed by atoms with Crippen molar-refractivity contribution in [3.8, 4) is 0 Å². The SMILES string of the molecule is O=C(Nc1ccccc1Cl)C1CC(=O)N(Cc2ccc(F)cc2)C(=Nc2ccc(Cl)cc2)S1. The van der Waals surface area contributed by atoms with E-state index < -0.39 is 5.25 Å². The predicted octanol–water partition coefficient (Wildman–Crippen LogP) is 6.29. The van der Waals surface area contributed by atoms with E-state index in [-0.39, 0.29) is 30.6 Å². The molecule has 1 saturated heterocycles. The van der Waals surface area contributed by atoms with Gasteiger partial charge < -0.3 is 5.32 Å². The van der Waals surface area contributed by atoms with Crippen molar-refractivity contribution in [2.45, 2.75) is 18.2 Å². The number of nitrogens with one attached hydrogen (secondary N) is 1. The largest absolute Gasteiger partial charge is 0.324 e. The maximum atomic E-state index is 13.3. The van der Waals surface area contributed by atoms with E-state index in [1.807, 2.05) is 0 Å². The lowest BCUT2D eigenvalue weighted by Crippen LogP contribution is -2.44. The van der Waals surface area contributed by atoms with E-state index in [1.165, 1.54) is 28.8 Å². The molecule has 5 nitrogen and oxygen atoms in total. The van der Waals surface area contributed by atoms with Gasteiger partial charge in [-0.05, 0) is 54.1 Å². The van der Waals surface area contributed by atoms with Crippen molar-refractivity contribution in [2.75, 3.05) is 5.32 Å². The summed E-state index contributed by atoms with van der Waals surface area (Å²) in [5, 5.41) is 3.44. The summed E-state index contributed by atoms with van der Waals surface area (Å²) in [6.07, 6.45) is -0.0121. The van der Waals surface area contributed by atoms with Gasteiger partial charge in [0.25, 0.3) is 0 Å². The zero-order valence-electron chi connectivity index (χ0n) is 17.2. The van der Waals surface area contributed by atoms with Gasteiger partial charge in [0.1, 0.15) is 11.1 Å². The molecule has 0 spiro atoms. The maximum Gasteiger partial charge on any atom is 0.238 e. The van der Waals surface area contributed by atoms with Crippen molar-refractivity contribution >= 4 is 63.3 Å². The summed E-state index contributed by atoms with van der Waals surface area (Å²) in [4.78, 5) is 32.1. The van der Waals surface area contributed by atoms with Crippen molar-refractivity contribution in [3.63, 3.8) is 0 Å². The molecule has 1 aliphatic heterocycles. The number of nitrogens with zero attached hydrogens (tertiary/aromatic N) is 2. The van der Waals surface area contributed by atoms with Crippen LogP contribution in [0.3, 0.4) is 0 Å². The number of para-hydroxylation sites is 1. The molecule has 1 heterocycles. The number of amides is 2. The minimum absolute atomic E-state index is 0.0121. The number of amidine groups is 1. The smallest absolute Gasteiger partial charge is 0.238 e. The Kier molecular flexibility index (Phi) is 7.33. The fraction of sp³-hybridized carbons (Fsp3) is 0.125. The van der Waals surface area contributed by atoms with Crippen molar-refractivity contribution in [2.24, 2.45) is 4.99 Å². The topological polar surface area (TPSA) is 61.8 Å². The van der Waals surface area contributed by atoms with E-state index in [9.17, 15) is 14.0 Å². The number of carbonyl (C=O) groups is 2. The first kappa shape index (κ1) is 23.3. The van der Waals surface area contributed by atoms with Crippen LogP contribution in [0.4, 0.5) is 15.8 Å². The molecule has 3 aromatic carbocycles. The molecule has 1 unspecified atom stereocenters. The average Bonchev–Trinajstić information content (AvgIpc) is 2.80. The summed E-state index contributed by atoms with van der Waals surface area (Å²) in [6, 6.07) is 19.7. The van der Waals surface area contributed by atoms with Gasteiger partial charge in [-0.3, -0.25) is 14.5 Å². The molecule has 1 N–H and O–H groups in total. The number of rotatable bonds is 5. The lowest BCUT2D eigenvalue weighted by Gasteiger charge is -2.32. The highest BCUT2D eigenvalue weighted by Gasteiger charge is 2.36. The van der Waals surface area contributed by atoms with E-state index in [0.29, 0.717) is 26.6 Å². The average molecular weight is 502 g/mol. The first-order chi connectivity index (χ1) is 15.9. The standard InChI is InChI=1S/C24H18Cl2FN3O2S/c25-16-7-11-18(12-8-16)28-24-30(14-15-5-9-17(27)10-6-15)22(31)13-21(33-24)23(32)29-20-4-2-1-3-19(20)26/h1-12,21H,13-14H2,(H,29,32). The van der Waals surface area contributed by atoms with E-state index >= 15 is 0 Å². The van der Waals surface area contributed by atoms with Crippen LogP contribution in [0.5, 0.6) is 0 Å². The second-order valence-corrected chi connectivity index (χ2v) is 9.27. The Balaban J connectivity index is 1.60. The highest BCUT2D eigenvalue weighted by molar-refractivity contribution is 8.15. The van der Waals surface area contributed by atoms with Gasteiger partial charge in [0.05, 0.1) is 22.9 Å². The Morgan fingerprint density at radius 2 is 1.76 bits per heavy atom. The third-order valence-corrected chi connectivity index (χ3v) is 6.64. The lowest BCUT2D eigenvalue weighted by atomic mass is 10.2. The highest BCUT2D eigenvalue weighted by Crippen LogP contribution is 2.32. The minimum Gasteiger partial charge on any atom is -0.324 e. The van der Waals surface area contributed by atoms with Gasteiger partial charge in [-0.2, -0.15) is 0 Å². The predicted molar refractivity (Wildman–Crippen MR) is 132 cm³/mol. The number of carbonyl (C=O) groups excluding carboxylic acids is 2. The molecule has 4 rings (SSSR count). The summed E-state index contributed by atoms with van der Waals surface area (Å²) < 4.78 is 13.3. The normalized spacial score (nSPS) is 17.3. The van der Waals surface area contributed by atoms with Crippen molar-refractivity contribution in [3.05, 3.63) is 94.2 Å². The van der Waals surface area contributed by atoms with Crippen LogP contribution in [0.25, 0.3) is 0 Å². The molecule has 0 aliphatic carbocycles. The van der Waals surface area contributed by atoms with Gasteiger partial charge in [-0.1, -0.05) is 59.2 Å². The zero-order chi connectivity index (χ0) is 23.4. The van der Waals surface area contributed by atoms with Gasteiger partial charge >= 0.3 is 0 Å². The Hall–Kier alpha value is -2.87. The van der Waals surface area contributed by atoms with Crippen LogP contribution in [0, 0.1) is 5.82 Å². The van der Waals surface area contributed by atoms with E-state index in [4.69, 9.17) is 23.2 Å². The summed E-state index contributed by atoms with van der Waals surface area (Å²) >= 11 is 13.3. The van der Waals surface area contributed by atoms with Crippen LogP contribution in [0.1, 0.15) is 12.0 Å². The molecule has 9 heteroatoms. The molecule has 0 bridgehead atoms. The molecule has 168 valence electrons. The fourth-order valence-electron chi connectivity index (χ4n) is 3.17. The first-order valence-corrected chi connectivity index (χ1v) is 11.6. The number of aliphatic imine (C=N–C) groups is 1. The Bertz CT molecular complexity index is 1200. The van der Waals surface area contributed by atoms with Crippen molar-refractivity contribution in [1.29, 1.82) is 0 Å². The van der Waals surface area contributed by atoms with Gasteiger partial charge in [0, 0.05) is 11.4 Å². The summed E-state index contributed by atoms with van der Waals surface area (Å²) in [6.45, 7) is 0.206. The molecular weight excluding hydrogens is 484 g/mol. The van der Waals surface area contributed by atoms with Crippen LogP contribution >= 0.6 is 35.0 Å². The van der Waals surface area contributed by atoms with Gasteiger partial charge in [-0.15, -0.1) is 0 Å². The summed E-state index contributed by atoms with van der Waals surface area (Å²) in [7, 11) is 0. The first-order valence-electron chi connectivity index (χ1n) is 10.00. The van der Waals surface area contributed by atoms with E-state index in [0.717, 1.165) is 5.56 Å². The lowest BCUT2D eigenvalue weighted by molar-refractivity contribution is -0.129. The van der Waals surface area contributed by atoms with Crippen LogP contribution in [-0.4, -0.2) is 27.1 Å². The highest BCUT2D eigenvalue weighted by atomic mass is 35.5. The van der Waals surface area contributed by atoms with Gasteiger partial charge in [0.15, 0.2) is 5.17 Å². The van der Waals surface area contributed by atoms with Gasteiger partial charge in [0.2, 0.25) is 11.8 Å². The number of halogens is 3. The third-order valence-electron chi connectivity index (χ3n) is 4.87. The molecule has 3 aromatic rings. The minimum atomic E-state index is -0.690. The molecule has 1 atom stereocenters. The molecule has 1 fully saturated rings. The number of hydrogen-bond acceptors (Lipinski definition) is 4. The Labute approximate surface area is 204 Å². The van der Waals surface area contributed by atoms with Crippen molar-refractivity contribution in [1.82, 2.24) is 4.90 Å². The Morgan fingerprint density at radius 3 is 2.45 bits per heavy atom. The van der Waals surface area contributed by atoms with Gasteiger partial charge in [-0.25, -0.2) is 9.38 Å². The summed E-state index contributed by atoms with van der Waals surface area (Å²) in [5.41, 5.74) is 1.81. The Morgan fingerprint density at radius 1 is 1.06 bits per heavy atom. The number of benzene rings is 3. The third kappa shape index (κ3) is 5.93. The second kappa shape index (κ2) is 10.4. The molecule has 33 heavy (non-hydrogen) atoms. The zero-order valence-corrected chi connectivity index (χ0v) is 19.5. The quantitative estimate of drug-likeness (QED) is 0.446. The fourth-order valence-corrected chi connectivity index (χ4v) is 4.58. The van der Waals surface area contributed by atoms with Crippen LogP contribution in [0.15, 0.2) is 77.8 Å². The molecule has 0 aromatic heterocycles. The maximum absolute atomic E-state index is 13.3.